The zero-order valence-corrected chi connectivity index (χ0v) is 19.0. The molecule has 0 aliphatic carbocycles. The molecule has 1 aromatic heterocycles. The van der Waals surface area contributed by atoms with Gasteiger partial charge >= 0.3 is 0 Å². The lowest BCUT2D eigenvalue weighted by molar-refractivity contribution is -0.120. The Labute approximate surface area is 197 Å². The molecule has 3 heterocycles. The van der Waals surface area contributed by atoms with Crippen molar-refractivity contribution in [3.8, 4) is 0 Å². The van der Waals surface area contributed by atoms with Crippen LogP contribution < -0.4 is 9.80 Å². The number of benzene rings is 2. The molecule has 8 heteroatoms. The first kappa shape index (κ1) is 21.8. The average Bonchev–Trinajstić information content (AvgIpc) is 3.12. The second-order valence-corrected chi connectivity index (χ2v) is 8.42. The maximum atomic E-state index is 13.8. The number of aromatic nitrogens is 2. The topological polar surface area (TPSA) is 69.6 Å². The van der Waals surface area contributed by atoms with Gasteiger partial charge in [-0.2, -0.15) is 0 Å². The van der Waals surface area contributed by atoms with Crippen LogP contribution in [0.1, 0.15) is 16.7 Å². The minimum absolute atomic E-state index is 0.301. The van der Waals surface area contributed by atoms with Gasteiger partial charge in [0.05, 0.1) is 11.3 Å². The summed E-state index contributed by atoms with van der Waals surface area (Å²) in [5.41, 5.74) is 3.61. The lowest BCUT2D eigenvalue weighted by atomic mass is 10.0. The minimum Gasteiger partial charge on any atom is -0.363 e. The van der Waals surface area contributed by atoms with E-state index in [0.29, 0.717) is 54.6 Å². The lowest BCUT2D eigenvalue weighted by Crippen LogP contribution is -2.48. The Morgan fingerprint density at radius 3 is 2.12 bits per heavy atom. The number of anilines is 2. The quantitative estimate of drug-likeness (QED) is 0.560. The van der Waals surface area contributed by atoms with E-state index in [-0.39, 0.29) is 5.91 Å². The highest BCUT2D eigenvalue weighted by Gasteiger charge is 2.43. The van der Waals surface area contributed by atoms with Crippen LogP contribution in [0, 0.1) is 19.7 Å². The predicted molar refractivity (Wildman–Crippen MR) is 128 cm³/mol. The van der Waals surface area contributed by atoms with E-state index >= 15 is 0 Å². The summed E-state index contributed by atoms with van der Waals surface area (Å²) in [5, 5.41) is 0. The van der Waals surface area contributed by atoms with Gasteiger partial charge in [0.25, 0.3) is 11.8 Å². The van der Waals surface area contributed by atoms with Crippen molar-refractivity contribution in [3.63, 3.8) is 0 Å². The van der Waals surface area contributed by atoms with Crippen molar-refractivity contribution in [2.75, 3.05) is 36.0 Å². The highest BCUT2D eigenvalue weighted by molar-refractivity contribution is 6.45. The molecule has 0 unspecified atom stereocenters. The number of piperazine rings is 1. The fourth-order valence-corrected chi connectivity index (χ4v) is 4.47. The van der Waals surface area contributed by atoms with Crippen LogP contribution >= 0.6 is 0 Å². The molecule has 34 heavy (non-hydrogen) atoms. The van der Waals surface area contributed by atoms with Crippen LogP contribution in [0.3, 0.4) is 0 Å². The van der Waals surface area contributed by atoms with Crippen LogP contribution in [0.15, 0.2) is 66.6 Å². The number of nitrogens with zero attached hydrogens (tertiary/aromatic N) is 5. The van der Waals surface area contributed by atoms with E-state index in [1.165, 1.54) is 17.0 Å². The van der Waals surface area contributed by atoms with Gasteiger partial charge in [0, 0.05) is 38.6 Å². The van der Waals surface area contributed by atoms with E-state index in [1.54, 1.807) is 36.7 Å². The molecule has 0 atom stereocenters. The zero-order chi connectivity index (χ0) is 23.8. The molecule has 0 N–H and O–H groups in total. The molecule has 0 saturated carbocycles. The Bertz CT molecular complexity index is 1280. The molecule has 2 aliphatic rings. The highest BCUT2D eigenvalue weighted by atomic mass is 19.1. The van der Waals surface area contributed by atoms with Gasteiger partial charge in [0.1, 0.15) is 11.5 Å². The summed E-state index contributed by atoms with van der Waals surface area (Å²) in [5.74, 6) is -0.511. The molecule has 1 fully saturated rings. The second-order valence-electron chi connectivity index (χ2n) is 8.42. The first-order chi connectivity index (χ1) is 16.5. The van der Waals surface area contributed by atoms with Crippen molar-refractivity contribution >= 4 is 29.0 Å². The molecule has 2 aromatic carbocycles. The molecule has 0 radical (unpaired) electrons. The zero-order valence-electron chi connectivity index (χ0n) is 19.0. The third-order valence-electron chi connectivity index (χ3n) is 6.44. The number of hydrogen-bond donors (Lipinski definition) is 0. The summed E-state index contributed by atoms with van der Waals surface area (Å²) in [6.45, 7) is 6.11. The van der Waals surface area contributed by atoms with E-state index in [2.05, 4.69) is 14.9 Å². The molecule has 0 bridgehead atoms. The SMILES string of the molecule is Cc1cccc(N2C(=O)C(c3ccc(F)cc3)=C(N3CCN(c4ncccn4)CC3)C2=O)c1C. The number of carbonyl (C=O) groups is 2. The van der Waals surface area contributed by atoms with Crippen LogP contribution in [0.5, 0.6) is 0 Å². The summed E-state index contributed by atoms with van der Waals surface area (Å²) >= 11 is 0. The average molecular weight is 458 g/mol. The maximum Gasteiger partial charge on any atom is 0.282 e. The summed E-state index contributed by atoms with van der Waals surface area (Å²) in [6.07, 6.45) is 3.40. The van der Waals surface area contributed by atoms with Gasteiger partial charge in [-0.25, -0.2) is 19.3 Å². The number of carbonyl (C=O) groups excluding carboxylic acids is 2. The molecule has 7 nitrogen and oxygen atoms in total. The summed E-state index contributed by atoms with van der Waals surface area (Å²) in [6, 6.07) is 13.1. The van der Waals surface area contributed by atoms with Crippen LogP contribution in [-0.2, 0) is 9.59 Å². The van der Waals surface area contributed by atoms with Gasteiger partial charge in [0.2, 0.25) is 5.95 Å². The maximum absolute atomic E-state index is 13.8. The van der Waals surface area contributed by atoms with Crippen molar-refractivity contribution in [2.24, 2.45) is 0 Å². The lowest BCUT2D eigenvalue weighted by Gasteiger charge is -2.36. The van der Waals surface area contributed by atoms with Gasteiger partial charge in [-0.15, -0.1) is 0 Å². The highest BCUT2D eigenvalue weighted by Crippen LogP contribution is 2.37. The van der Waals surface area contributed by atoms with Gasteiger partial charge < -0.3 is 9.80 Å². The molecule has 2 aliphatic heterocycles. The summed E-state index contributed by atoms with van der Waals surface area (Å²) in [4.78, 5) is 41.4. The number of aryl methyl sites for hydroxylation is 1. The largest absolute Gasteiger partial charge is 0.363 e. The van der Waals surface area contributed by atoms with Gasteiger partial charge in [-0.1, -0.05) is 24.3 Å². The van der Waals surface area contributed by atoms with Crippen molar-refractivity contribution in [3.05, 3.63) is 89.1 Å². The Hall–Kier alpha value is -4.07. The number of imide groups is 1. The van der Waals surface area contributed by atoms with Gasteiger partial charge in [-0.05, 0) is 54.8 Å². The number of amides is 2. The Morgan fingerprint density at radius 1 is 0.794 bits per heavy atom. The molecule has 5 rings (SSSR count). The Balaban J connectivity index is 1.53. The predicted octanol–water partition coefficient (Wildman–Crippen LogP) is 3.34. The van der Waals surface area contributed by atoms with E-state index in [9.17, 15) is 14.0 Å². The fraction of sp³-hybridized carbons (Fsp3) is 0.231. The minimum atomic E-state index is -0.398. The molecular weight excluding hydrogens is 433 g/mol. The number of hydrogen-bond acceptors (Lipinski definition) is 6. The van der Waals surface area contributed by atoms with Crippen LogP contribution in [0.2, 0.25) is 0 Å². The van der Waals surface area contributed by atoms with E-state index in [1.807, 2.05) is 30.9 Å². The normalized spacial score (nSPS) is 16.6. The first-order valence-corrected chi connectivity index (χ1v) is 11.2. The summed E-state index contributed by atoms with van der Waals surface area (Å²) in [7, 11) is 0. The van der Waals surface area contributed by atoms with E-state index in [4.69, 9.17) is 0 Å². The van der Waals surface area contributed by atoms with E-state index < -0.39 is 11.7 Å². The molecular formula is C26H24FN5O2. The second kappa shape index (κ2) is 8.70. The van der Waals surface area contributed by atoms with Crippen molar-refractivity contribution < 1.29 is 14.0 Å². The summed E-state index contributed by atoms with van der Waals surface area (Å²) < 4.78 is 13.6. The smallest absolute Gasteiger partial charge is 0.282 e. The Kier molecular flexibility index (Phi) is 5.57. The van der Waals surface area contributed by atoms with Crippen LogP contribution in [0.4, 0.5) is 16.0 Å². The van der Waals surface area contributed by atoms with Gasteiger partial charge in [-0.3, -0.25) is 9.59 Å². The third-order valence-corrected chi connectivity index (χ3v) is 6.44. The van der Waals surface area contributed by atoms with Crippen molar-refractivity contribution in [2.45, 2.75) is 13.8 Å². The molecule has 172 valence electrons. The third kappa shape index (κ3) is 3.71. The molecule has 2 amide bonds. The Morgan fingerprint density at radius 2 is 1.44 bits per heavy atom. The monoisotopic (exact) mass is 457 g/mol. The van der Waals surface area contributed by atoms with E-state index in [0.717, 1.165) is 11.1 Å². The van der Waals surface area contributed by atoms with Crippen molar-refractivity contribution in [1.29, 1.82) is 0 Å². The standard InChI is InChI=1S/C26H24FN5O2/c1-17-5-3-6-21(18(17)2)32-24(33)22(19-7-9-20(27)10-8-19)23(25(32)34)30-13-15-31(16-14-30)26-28-11-4-12-29-26/h3-12H,13-16H2,1-2H3. The molecule has 1 saturated heterocycles. The van der Waals surface area contributed by atoms with Crippen molar-refractivity contribution in [1.82, 2.24) is 14.9 Å². The first-order valence-electron chi connectivity index (χ1n) is 11.2. The fourth-order valence-electron chi connectivity index (χ4n) is 4.47. The molecule has 3 aromatic rings. The number of halogens is 1. The number of rotatable bonds is 4. The molecule has 0 spiro atoms. The van der Waals surface area contributed by atoms with Crippen LogP contribution in [0.25, 0.3) is 5.57 Å². The van der Waals surface area contributed by atoms with Gasteiger partial charge in [0.15, 0.2) is 0 Å². The van der Waals surface area contributed by atoms with Crippen LogP contribution in [-0.4, -0.2) is 52.9 Å².